The predicted molar refractivity (Wildman–Crippen MR) is 125 cm³/mol. The third-order valence-electron chi connectivity index (χ3n) is 6.63. The van der Waals surface area contributed by atoms with E-state index in [1.165, 1.54) is 5.69 Å². The highest BCUT2D eigenvalue weighted by Crippen LogP contribution is 2.43. The van der Waals surface area contributed by atoms with Crippen molar-refractivity contribution in [3.8, 4) is 17.0 Å². The Hall–Kier alpha value is -3.09. The Morgan fingerprint density at radius 1 is 1.22 bits per heavy atom. The number of likely N-dealkylation sites (tertiary alicyclic amines) is 1. The van der Waals surface area contributed by atoms with Gasteiger partial charge in [-0.2, -0.15) is 5.10 Å². The van der Waals surface area contributed by atoms with Gasteiger partial charge in [0.25, 0.3) is 0 Å². The van der Waals surface area contributed by atoms with Gasteiger partial charge in [-0.05, 0) is 56.0 Å². The summed E-state index contributed by atoms with van der Waals surface area (Å²) in [5.41, 5.74) is 4.15. The zero-order chi connectivity index (χ0) is 22.3. The van der Waals surface area contributed by atoms with Gasteiger partial charge in [0.15, 0.2) is 0 Å². The molecule has 0 saturated carbocycles. The lowest BCUT2D eigenvalue weighted by atomic mass is 9.82. The Morgan fingerprint density at radius 2 is 2.06 bits per heavy atom. The average Bonchev–Trinajstić information content (AvgIpc) is 3.49. The summed E-state index contributed by atoms with van der Waals surface area (Å²) < 4.78 is 8.02. The van der Waals surface area contributed by atoms with Crippen LogP contribution in [0.1, 0.15) is 39.3 Å². The highest BCUT2D eigenvalue weighted by Gasteiger charge is 2.46. The summed E-state index contributed by atoms with van der Waals surface area (Å²) in [6.07, 6.45) is 3.93. The molecule has 3 aromatic rings. The number of amides is 2. The molecule has 1 atom stereocenters. The van der Waals surface area contributed by atoms with Crippen LogP contribution in [0, 0.1) is 5.92 Å². The van der Waals surface area contributed by atoms with Gasteiger partial charge in [0.2, 0.25) is 0 Å². The fraction of sp³-hybridized carbons (Fsp3) is 0.480. The van der Waals surface area contributed by atoms with E-state index in [2.05, 4.69) is 47.0 Å². The summed E-state index contributed by atoms with van der Waals surface area (Å²) in [4.78, 5) is 18.9. The van der Waals surface area contributed by atoms with E-state index < -0.39 is 0 Å². The first-order valence-electron chi connectivity index (χ1n) is 11.6. The Morgan fingerprint density at radius 3 is 2.88 bits per heavy atom. The maximum Gasteiger partial charge on any atom is 0.317 e. The van der Waals surface area contributed by atoms with Crippen LogP contribution in [0.15, 0.2) is 36.5 Å². The molecule has 1 N–H and O–H groups in total. The van der Waals surface area contributed by atoms with Crippen LogP contribution in [-0.2, 0) is 12.0 Å². The van der Waals surface area contributed by atoms with Crippen LogP contribution in [0.2, 0.25) is 0 Å². The number of carbonyl (C=O) groups is 1. The number of fused-ring (bicyclic) bond motifs is 3. The third-order valence-corrected chi connectivity index (χ3v) is 6.63. The maximum atomic E-state index is 12.3. The quantitative estimate of drug-likeness (QED) is 0.654. The van der Waals surface area contributed by atoms with Gasteiger partial charge in [0.05, 0.1) is 17.8 Å². The Kier molecular flexibility index (Phi) is 5.27. The molecule has 7 heteroatoms. The van der Waals surface area contributed by atoms with Gasteiger partial charge in [0, 0.05) is 54.4 Å². The highest BCUT2D eigenvalue weighted by molar-refractivity contribution is 5.84. The van der Waals surface area contributed by atoms with Gasteiger partial charge in [-0.3, -0.25) is 9.67 Å². The number of carbonyl (C=O) groups excluding carboxylic acids is 1. The van der Waals surface area contributed by atoms with Crippen molar-refractivity contribution < 1.29 is 9.53 Å². The summed E-state index contributed by atoms with van der Waals surface area (Å²) >= 11 is 0. The number of urea groups is 1. The topological polar surface area (TPSA) is 72.3 Å². The number of hydrogen-bond donors (Lipinski definition) is 1. The highest BCUT2D eigenvalue weighted by atomic mass is 16.5. The molecule has 0 aliphatic carbocycles. The van der Waals surface area contributed by atoms with E-state index in [1.54, 1.807) is 0 Å². The van der Waals surface area contributed by atoms with Crippen molar-refractivity contribution >= 4 is 16.9 Å². The number of nitrogens with one attached hydrogen (secondary N) is 1. The minimum absolute atomic E-state index is 0.0124. The van der Waals surface area contributed by atoms with Gasteiger partial charge in [-0.25, -0.2) is 4.79 Å². The molecule has 7 nitrogen and oxygen atoms in total. The number of nitrogens with zero attached hydrogens (tertiary/aromatic N) is 4. The van der Waals surface area contributed by atoms with Crippen molar-refractivity contribution in [3.63, 3.8) is 0 Å². The van der Waals surface area contributed by atoms with Crippen LogP contribution in [0.5, 0.6) is 5.75 Å². The number of benzene rings is 1. The van der Waals surface area contributed by atoms with Crippen molar-refractivity contribution in [2.45, 2.75) is 45.6 Å². The lowest BCUT2D eigenvalue weighted by molar-refractivity contribution is 0.206. The molecule has 2 amide bonds. The zero-order valence-corrected chi connectivity index (χ0v) is 19.1. The second-order valence-corrected chi connectivity index (χ2v) is 9.46. The van der Waals surface area contributed by atoms with E-state index in [1.807, 2.05) is 30.2 Å². The first kappa shape index (κ1) is 20.8. The molecule has 2 aliphatic heterocycles. The maximum absolute atomic E-state index is 12.3. The second kappa shape index (κ2) is 8.11. The number of hydrogen-bond acceptors (Lipinski definition) is 4. The molecule has 32 heavy (non-hydrogen) atoms. The van der Waals surface area contributed by atoms with Gasteiger partial charge < -0.3 is 15.0 Å². The number of aryl methyl sites for hydroxylation is 1. The molecule has 1 saturated heterocycles. The summed E-state index contributed by atoms with van der Waals surface area (Å²) in [7, 11) is 0. The Balaban J connectivity index is 1.41. The SMILES string of the molecule is CCNC(=O)N1CCC2(CCn3nc(-c4cnc5ccc(OCC(C)C)cc5c4)cc32)C1. The van der Waals surface area contributed by atoms with Crippen molar-refractivity contribution in [1.29, 1.82) is 0 Å². The van der Waals surface area contributed by atoms with E-state index in [-0.39, 0.29) is 11.4 Å². The van der Waals surface area contributed by atoms with Crippen molar-refractivity contribution in [1.82, 2.24) is 25.0 Å². The van der Waals surface area contributed by atoms with Crippen LogP contribution in [-0.4, -0.2) is 51.9 Å². The Labute approximate surface area is 188 Å². The number of rotatable bonds is 5. The molecular formula is C25H31N5O2. The minimum Gasteiger partial charge on any atom is -0.493 e. The minimum atomic E-state index is 0.0124. The summed E-state index contributed by atoms with van der Waals surface area (Å²) in [6, 6.07) is 10.4. The van der Waals surface area contributed by atoms with E-state index in [9.17, 15) is 4.79 Å². The molecule has 2 aromatic heterocycles. The molecule has 0 radical (unpaired) electrons. The molecule has 1 spiro atoms. The molecule has 4 heterocycles. The molecule has 1 unspecified atom stereocenters. The number of aromatic nitrogens is 3. The predicted octanol–water partition coefficient (Wildman–Crippen LogP) is 4.21. The monoisotopic (exact) mass is 433 g/mol. The normalized spacial score (nSPS) is 19.8. The van der Waals surface area contributed by atoms with E-state index in [0.29, 0.717) is 19.1 Å². The van der Waals surface area contributed by atoms with Crippen LogP contribution in [0.3, 0.4) is 0 Å². The fourth-order valence-electron chi connectivity index (χ4n) is 4.93. The summed E-state index contributed by atoms with van der Waals surface area (Å²) in [6.45, 7) is 10.0. The van der Waals surface area contributed by atoms with Crippen molar-refractivity contribution in [2.24, 2.45) is 5.92 Å². The Bertz CT molecular complexity index is 1150. The molecule has 2 aliphatic rings. The van der Waals surface area contributed by atoms with Crippen LogP contribution < -0.4 is 10.1 Å². The average molecular weight is 434 g/mol. The van der Waals surface area contributed by atoms with E-state index >= 15 is 0 Å². The molecule has 168 valence electrons. The van der Waals surface area contributed by atoms with Crippen LogP contribution in [0.25, 0.3) is 22.2 Å². The molecule has 5 rings (SSSR count). The zero-order valence-electron chi connectivity index (χ0n) is 19.1. The van der Waals surface area contributed by atoms with Crippen molar-refractivity contribution in [2.75, 3.05) is 26.2 Å². The molecule has 1 aromatic carbocycles. The van der Waals surface area contributed by atoms with Crippen LogP contribution >= 0.6 is 0 Å². The first-order valence-corrected chi connectivity index (χ1v) is 11.6. The molecule has 0 bridgehead atoms. The molecular weight excluding hydrogens is 402 g/mol. The van der Waals surface area contributed by atoms with Gasteiger partial charge in [-0.1, -0.05) is 13.8 Å². The fourth-order valence-corrected chi connectivity index (χ4v) is 4.93. The third kappa shape index (κ3) is 3.70. The lowest BCUT2D eigenvalue weighted by Crippen LogP contribution is -2.40. The van der Waals surface area contributed by atoms with Crippen molar-refractivity contribution in [3.05, 3.63) is 42.2 Å². The number of pyridine rings is 1. The standard InChI is InChI=1S/C25H31N5O2/c1-4-26-24(31)29-9-7-25(16-29)8-10-30-23(25)13-22(28-30)19-11-18-12-20(32-15-17(2)3)5-6-21(18)27-14-19/h5-6,11-14,17H,4,7-10,15-16H2,1-3H3,(H,26,31). The summed E-state index contributed by atoms with van der Waals surface area (Å²) in [5, 5.41) is 8.88. The summed E-state index contributed by atoms with van der Waals surface area (Å²) in [5.74, 6) is 1.35. The smallest absolute Gasteiger partial charge is 0.317 e. The van der Waals surface area contributed by atoms with E-state index in [0.717, 1.165) is 60.4 Å². The van der Waals surface area contributed by atoms with Gasteiger partial charge >= 0.3 is 6.03 Å². The molecule has 1 fully saturated rings. The second-order valence-electron chi connectivity index (χ2n) is 9.46. The van der Waals surface area contributed by atoms with E-state index in [4.69, 9.17) is 9.84 Å². The first-order chi connectivity index (χ1) is 15.5. The largest absolute Gasteiger partial charge is 0.493 e. The number of ether oxygens (including phenoxy) is 1. The van der Waals surface area contributed by atoms with Gasteiger partial charge in [0.1, 0.15) is 5.75 Å². The van der Waals surface area contributed by atoms with Gasteiger partial charge in [-0.15, -0.1) is 0 Å². The lowest BCUT2D eigenvalue weighted by Gasteiger charge is -2.23. The van der Waals surface area contributed by atoms with Crippen LogP contribution in [0.4, 0.5) is 4.79 Å².